The van der Waals surface area contributed by atoms with Gasteiger partial charge in [0.05, 0.1) is 16.1 Å². The molecule has 1 heterocycles. The van der Waals surface area contributed by atoms with Crippen LogP contribution in [-0.4, -0.2) is 21.0 Å². The maximum Gasteiger partial charge on any atom is 0.335 e. The number of aromatic carboxylic acids is 1. The fourth-order valence-electron chi connectivity index (χ4n) is 2.42. The van der Waals surface area contributed by atoms with E-state index in [9.17, 15) is 20.1 Å². The number of rotatable bonds is 5. The van der Waals surface area contributed by atoms with Gasteiger partial charge in [0.1, 0.15) is 11.9 Å². The molecule has 8 heteroatoms. The molecule has 27 heavy (non-hydrogen) atoms. The number of nitro groups is 1. The minimum Gasteiger partial charge on any atom is -0.710 e. The van der Waals surface area contributed by atoms with Gasteiger partial charge < -0.3 is 10.3 Å². The first-order valence-corrected chi connectivity index (χ1v) is 7.80. The van der Waals surface area contributed by atoms with E-state index in [0.29, 0.717) is 15.9 Å². The Morgan fingerprint density at radius 3 is 2.52 bits per heavy atom. The summed E-state index contributed by atoms with van der Waals surface area (Å²) in [5.74, 6) is -0.972. The molecule has 0 aliphatic heterocycles. The summed E-state index contributed by atoms with van der Waals surface area (Å²) in [6.45, 7) is 0. The first-order chi connectivity index (χ1) is 13.0. The molecule has 0 aliphatic rings. The summed E-state index contributed by atoms with van der Waals surface area (Å²) in [7, 11) is 0. The highest BCUT2D eigenvalue weighted by atomic mass is 16.6. The van der Waals surface area contributed by atoms with E-state index < -0.39 is 10.9 Å². The lowest BCUT2D eigenvalue weighted by atomic mass is 10.1. The van der Waals surface area contributed by atoms with Gasteiger partial charge in [0.15, 0.2) is 0 Å². The largest absolute Gasteiger partial charge is 0.710 e. The van der Waals surface area contributed by atoms with Crippen molar-refractivity contribution in [3.8, 4) is 11.4 Å². The van der Waals surface area contributed by atoms with Gasteiger partial charge in [-0.2, -0.15) is 0 Å². The quantitative estimate of drug-likeness (QED) is 0.322. The Labute approximate surface area is 153 Å². The average Bonchev–Trinajstić information content (AvgIpc) is 2.67. The predicted molar refractivity (Wildman–Crippen MR) is 97.6 cm³/mol. The zero-order valence-corrected chi connectivity index (χ0v) is 13.9. The van der Waals surface area contributed by atoms with Gasteiger partial charge in [0.25, 0.3) is 5.69 Å². The lowest BCUT2D eigenvalue weighted by Gasteiger charge is -2.09. The third-order valence-electron chi connectivity index (χ3n) is 3.79. The van der Waals surface area contributed by atoms with E-state index in [1.54, 1.807) is 30.4 Å². The molecule has 2 aromatic carbocycles. The predicted octanol–water partition coefficient (Wildman–Crippen LogP) is 3.16. The molecular weight excluding hydrogens is 350 g/mol. The highest BCUT2D eigenvalue weighted by Crippen LogP contribution is 2.20. The Balaban J connectivity index is 1.92. The van der Waals surface area contributed by atoms with Gasteiger partial charge >= 0.3 is 11.8 Å². The molecule has 0 spiro atoms. The van der Waals surface area contributed by atoms with Crippen LogP contribution in [0.4, 0.5) is 5.69 Å². The second-order valence-electron chi connectivity index (χ2n) is 5.56. The summed E-state index contributed by atoms with van der Waals surface area (Å²) in [4.78, 5) is 25.3. The normalized spacial score (nSPS) is 10.8. The summed E-state index contributed by atoms with van der Waals surface area (Å²) in [5.41, 5.74) is 1.37. The van der Waals surface area contributed by atoms with Crippen molar-refractivity contribution < 1.29 is 19.6 Å². The van der Waals surface area contributed by atoms with Gasteiger partial charge in [-0.3, -0.25) is 10.1 Å². The van der Waals surface area contributed by atoms with Crippen molar-refractivity contribution in [2.45, 2.75) is 0 Å². The lowest BCUT2D eigenvalue weighted by Crippen LogP contribution is -2.33. The number of hydrogen-bond acceptors (Lipinski definition) is 5. The fraction of sp³-hybridized carbons (Fsp3) is 0. The molecular formula is C19H13N3O5. The minimum atomic E-state index is -1.02. The molecule has 3 aromatic rings. The number of non-ortho nitro benzene ring substituents is 1. The zero-order valence-electron chi connectivity index (χ0n) is 13.9. The van der Waals surface area contributed by atoms with Crippen LogP contribution in [0.1, 0.15) is 21.6 Å². The summed E-state index contributed by atoms with van der Waals surface area (Å²) in [6.07, 6.45) is 4.66. The van der Waals surface area contributed by atoms with Gasteiger partial charge in [-0.05, 0) is 34.8 Å². The topological polar surface area (TPSA) is 120 Å². The molecule has 8 nitrogen and oxygen atoms in total. The Hall–Kier alpha value is -4.07. The molecule has 3 rings (SSSR count). The van der Waals surface area contributed by atoms with Crippen molar-refractivity contribution in [2.24, 2.45) is 0 Å². The van der Waals surface area contributed by atoms with Crippen LogP contribution in [-0.2, 0) is 0 Å². The Kier molecular flexibility index (Phi) is 4.89. The number of carbonyl (C=O) groups is 1. The molecule has 0 aliphatic carbocycles. The Bertz CT molecular complexity index is 1050. The van der Waals surface area contributed by atoms with Crippen molar-refractivity contribution in [1.29, 1.82) is 0 Å². The maximum atomic E-state index is 12.6. The molecule has 0 fully saturated rings. The first kappa shape index (κ1) is 17.7. The average molecular weight is 363 g/mol. The second kappa shape index (κ2) is 7.44. The first-order valence-electron chi connectivity index (χ1n) is 7.80. The summed E-state index contributed by atoms with van der Waals surface area (Å²) in [5, 5.41) is 32.4. The minimum absolute atomic E-state index is 0.0436. The number of carboxylic acid groups (broad SMARTS) is 1. The molecule has 0 unspecified atom stereocenters. The SMILES string of the molecule is O=C(O)c1ccc(/C=C/c2ccnc(-c3cccc([N+](=O)[O-])c3)[n+]2[O-])cc1. The summed E-state index contributed by atoms with van der Waals surface area (Å²) < 4.78 is 0.585. The van der Waals surface area contributed by atoms with E-state index in [2.05, 4.69) is 4.98 Å². The summed E-state index contributed by atoms with van der Waals surface area (Å²) in [6, 6.07) is 13.4. The number of hydrogen-bond donors (Lipinski definition) is 1. The Morgan fingerprint density at radius 1 is 1.11 bits per heavy atom. The molecule has 0 saturated heterocycles. The standard InChI is InChI=1S/C19H13N3O5/c23-19(24)14-7-4-13(5-8-14)6-9-16-10-11-20-18(21(16)25)15-2-1-3-17(12-15)22(26)27/h1-12H,(H,23,24)/b9-6+. The van der Waals surface area contributed by atoms with Crippen molar-refractivity contribution >= 4 is 23.8 Å². The molecule has 1 aromatic heterocycles. The van der Waals surface area contributed by atoms with Crippen LogP contribution in [0.5, 0.6) is 0 Å². The van der Waals surface area contributed by atoms with Gasteiger partial charge in [-0.15, -0.1) is 0 Å². The molecule has 0 bridgehead atoms. The van der Waals surface area contributed by atoms with Crippen LogP contribution < -0.4 is 4.73 Å². The van der Waals surface area contributed by atoms with Gasteiger partial charge in [-0.1, -0.05) is 24.3 Å². The van der Waals surface area contributed by atoms with E-state index >= 15 is 0 Å². The number of nitro benzene ring substituents is 1. The fourth-order valence-corrected chi connectivity index (χ4v) is 2.42. The number of carboxylic acids is 1. The van der Waals surface area contributed by atoms with Crippen LogP contribution >= 0.6 is 0 Å². The van der Waals surface area contributed by atoms with E-state index in [1.807, 2.05) is 0 Å². The molecule has 0 saturated carbocycles. The van der Waals surface area contributed by atoms with Gasteiger partial charge in [-0.25, -0.2) is 9.52 Å². The van der Waals surface area contributed by atoms with E-state index in [1.165, 1.54) is 42.6 Å². The number of aromatic nitrogens is 2. The number of nitrogens with zero attached hydrogens (tertiary/aromatic N) is 3. The van der Waals surface area contributed by atoms with E-state index in [0.717, 1.165) is 0 Å². The highest BCUT2D eigenvalue weighted by molar-refractivity contribution is 5.88. The smallest absolute Gasteiger partial charge is 0.335 e. The Morgan fingerprint density at radius 2 is 1.85 bits per heavy atom. The summed E-state index contributed by atoms with van der Waals surface area (Å²) >= 11 is 0. The van der Waals surface area contributed by atoms with Crippen LogP contribution in [0.2, 0.25) is 0 Å². The van der Waals surface area contributed by atoms with Crippen molar-refractivity contribution in [3.63, 3.8) is 0 Å². The van der Waals surface area contributed by atoms with Crippen molar-refractivity contribution in [3.05, 3.63) is 92.9 Å². The third kappa shape index (κ3) is 3.96. The maximum absolute atomic E-state index is 12.6. The van der Waals surface area contributed by atoms with Crippen LogP contribution in [0.15, 0.2) is 60.8 Å². The monoisotopic (exact) mass is 363 g/mol. The van der Waals surface area contributed by atoms with Crippen LogP contribution in [0.25, 0.3) is 23.5 Å². The van der Waals surface area contributed by atoms with E-state index in [-0.39, 0.29) is 22.8 Å². The molecule has 134 valence electrons. The second-order valence-corrected chi connectivity index (χ2v) is 5.56. The lowest BCUT2D eigenvalue weighted by molar-refractivity contribution is -0.598. The zero-order chi connectivity index (χ0) is 19.4. The van der Waals surface area contributed by atoms with Crippen molar-refractivity contribution in [1.82, 2.24) is 4.98 Å². The van der Waals surface area contributed by atoms with Gasteiger partial charge in [0.2, 0.25) is 0 Å². The van der Waals surface area contributed by atoms with Crippen LogP contribution in [0, 0.1) is 15.3 Å². The van der Waals surface area contributed by atoms with Crippen molar-refractivity contribution in [2.75, 3.05) is 0 Å². The van der Waals surface area contributed by atoms with E-state index in [4.69, 9.17) is 5.11 Å². The molecule has 1 N–H and O–H groups in total. The van der Waals surface area contributed by atoms with Crippen LogP contribution in [0.3, 0.4) is 0 Å². The highest BCUT2D eigenvalue weighted by Gasteiger charge is 2.16. The molecule has 0 atom stereocenters. The molecule has 0 radical (unpaired) electrons. The molecule has 0 amide bonds. The third-order valence-corrected chi connectivity index (χ3v) is 3.79. The van der Waals surface area contributed by atoms with Gasteiger partial charge in [0, 0.05) is 18.2 Å². The number of benzene rings is 2.